The van der Waals surface area contributed by atoms with E-state index in [0.29, 0.717) is 6.54 Å². The Morgan fingerprint density at radius 1 is 1.36 bits per heavy atom. The fourth-order valence-corrected chi connectivity index (χ4v) is 2.98. The van der Waals surface area contributed by atoms with E-state index in [2.05, 4.69) is 10.6 Å². The second kappa shape index (κ2) is 5.47. The van der Waals surface area contributed by atoms with Gasteiger partial charge in [0.05, 0.1) is 12.6 Å². The van der Waals surface area contributed by atoms with Gasteiger partial charge < -0.3 is 20.5 Å². The molecule has 1 aliphatic heterocycles. The highest BCUT2D eigenvalue weighted by atomic mass is 16.5. The van der Waals surface area contributed by atoms with Gasteiger partial charge in [-0.2, -0.15) is 0 Å². The van der Waals surface area contributed by atoms with E-state index in [0.717, 1.165) is 30.6 Å². The third-order valence-corrected chi connectivity index (χ3v) is 4.60. The second-order valence-electron chi connectivity index (χ2n) is 7.14. The maximum absolute atomic E-state index is 12.2. The van der Waals surface area contributed by atoms with Gasteiger partial charge in [0.2, 0.25) is 0 Å². The summed E-state index contributed by atoms with van der Waals surface area (Å²) in [5, 5.41) is 15.2. The minimum absolute atomic E-state index is 0.0655. The third kappa shape index (κ3) is 3.19. The Morgan fingerprint density at radius 3 is 2.77 bits per heavy atom. The highest BCUT2D eigenvalue weighted by molar-refractivity contribution is 5.74. The van der Waals surface area contributed by atoms with E-state index in [1.807, 2.05) is 38.1 Å². The standard InChI is InChI=1S/C17H24N2O3/c1-16(2)9-13(12-5-3-4-6-14(12)22-16)19-15(21)18-10-17(11-20)7-8-17/h3-6,13,20H,7-11H2,1-2H3,(H2,18,19,21). The van der Waals surface area contributed by atoms with E-state index < -0.39 is 0 Å². The van der Waals surface area contributed by atoms with Gasteiger partial charge in [-0.15, -0.1) is 0 Å². The minimum Gasteiger partial charge on any atom is -0.487 e. The van der Waals surface area contributed by atoms with Gasteiger partial charge in [0.15, 0.2) is 0 Å². The van der Waals surface area contributed by atoms with Crippen LogP contribution in [0.25, 0.3) is 0 Å². The van der Waals surface area contributed by atoms with Crippen LogP contribution in [-0.2, 0) is 0 Å². The lowest BCUT2D eigenvalue weighted by atomic mass is 9.90. The SMILES string of the molecule is CC1(C)CC(NC(=O)NCC2(CO)CC2)c2ccccc2O1. The fourth-order valence-electron chi connectivity index (χ4n) is 2.98. The van der Waals surface area contributed by atoms with Crippen LogP contribution in [0.3, 0.4) is 0 Å². The summed E-state index contributed by atoms with van der Waals surface area (Å²) in [5.41, 5.74) is 0.625. The highest BCUT2D eigenvalue weighted by Gasteiger charge is 2.42. The predicted molar refractivity (Wildman–Crippen MR) is 83.8 cm³/mol. The first-order valence-electron chi connectivity index (χ1n) is 7.86. The Kier molecular flexibility index (Phi) is 3.77. The normalized spacial score (nSPS) is 23.9. The average molecular weight is 304 g/mol. The molecule has 1 atom stereocenters. The van der Waals surface area contributed by atoms with Crippen LogP contribution in [0.4, 0.5) is 4.79 Å². The molecule has 1 aliphatic carbocycles. The Labute approximate surface area is 131 Å². The van der Waals surface area contributed by atoms with Crippen molar-refractivity contribution in [1.29, 1.82) is 0 Å². The van der Waals surface area contributed by atoms with Gasteiger partial charge in [-0.1, -0.05) is 18.2 Å². The first-order chi connectivity index (χ1) is 10.4. The molecule has 2 amide bonds. The molecule has 22 heavy (non-hydrogen) atoms. The number of para-hydroxylation sites is 1. The molecule has 5 heteroatoms. The molecule has 1 heterocycles. The summed E-state index contributed by atoms with van der Waals surface area (Å²) in [7, 11) is 0. The lowest BCUT2D eigenvalue weighted by molar-refractivity contribution is 0.0678. The molecule has 0 bridgehead atoms. The number of fused-ring (bicyclic) bond motifs is 1. The van der Waals surface area contributed by atoms with Crippen molar-refractivity contribution in [3.63, 3.8) is 0 Å². The van der Waals surface area contributed by atoms with Gasteiger partial charge in [0, 0.05) is 23.9 Å². The van der Waals surface area contributed by atoms with E-state index >= 15 is 0 Å². The molecule has 0 saturated heterocycles. The molecule has 2 aliphatic rings. The summed E-state index contributed by atoms with van der Waals surface area (Å²) in [5.74, 6) is 0.832. The summed E-state index contributed by atoms with van der Waals surface area (Å²) in [6, 6.07) is 7.58. The molecule has 1 saturated carbocycles. The van der Waals surface area contributed by atoms with E-state index in [-0.39, 0.29) is 29.7 Å². The number of hydrogen-bond acceptors (Lipinski definition) is 3. The van der Waals surface area contributed by atoms with Crippen molar-refractivity contribution in [2.24, 2.45) is 5.41 Å². The zero-order valence-corrected chi connectivity index (χ0v) is 13.2. The van der Waals surface area contributed by atoms with Crippen LogP contribution in [-0.4, -0.2) is 29.9 Å². The number of aliphatic hydroxyl groups is 1. The number of aliphatic hydroxyl groups excluding tert-OH is 1. The Morgan fingerprint density at radius 2 is 2.09 bits per heavy atom. The summed E-state index contributed by atoms with van der Waals surface area (Å²) in [4.78, 5) is 12.2. The van der Waals surface area contributed by atoms with Crippen molar-refractivity contribution in [1.82, 2.24) is 10.6 Å². The largest absolute Gasteiger partial charge is 0.487 e. The van der Waals surface area contributed by atoms with Gasteiger partial charge in [0.1, 0.15) is 11.4 Å². The first-order valence-corrected chi connectivity index (χ1v) is 7.86. The zero-order chi connectivity index (χ0) is 15.8. The molecule has 1 fully saturated rings. The van der Waals surface area contributed by atoms with Gasteiger partial charge in [-0.05, 0) is 32.8 Å². The second-order valence-corrected chi connectivity index (χ2v) is 7.14. The van der Waals surface area contributed by atoms with Crippen molar-refractivity contribution >= 4 is 6.03 Å². The molecule has 1 aromatic carbocycles. The Bertz CT molecular complexity index is 567. The maximum Gasteiger partial charge on any atom is 0.315 e. The third-order valence-electron chi connectivity index (χ3n) is 4.60. The van der Waals surface area contributed by atoms with Crippen LogP contribution in [0.2, 0.25) is 0 Å². The van der Waals surface area contributed by atoms with Crippen LogP contribution in [0.1, 0.15) is 44.7 Å². The van der Waals surface area contributed by atoms with Crippen molar-refractivity contribution in [3.05, 3.63) is 29.8 Å². The topological polar surface area (TPSA) is 70.6 Å². The highest BCUT2D eigenvalue weighted by Crippen LogP contribution is 2.44. The maximum atomic E-state index is 12.2. The summed E-state index contributed by atoms with van der Waals surface area (Å²) in [6.45, 7) is 4.73. The van der Waals surface area contributed by atoms with Crippen LogP contribution in [0.5, 0.6) is 5.75 Å². The summed E-state index contributed by atoms with van der Waals surface area (Å²) >= 11 is 0. The molecule has 0 radical (unpaired) electrons. The van der Waals surface area contributed by atoms with Crippen molar-refractivity contribution in [3.8, 4) is 5.75 Å². The van der Waals surface area contributed by atoms with Crippen LogP contribution >= 0.6 is 0 Å². The molecule has 5 nitrogen and oxygen atoms in total. The molecule has 1 aromatic rings. The molecule has 1 unspecified atom stereocenters. The van der Waals surface area contributed by atoms with Crippen LogP contribution < -0.4 is 15.4 Å². The predicted octanol–water partition coefficient (Wildman–Crippen LogP) is 2.36. The first kappa shape index (κ1) is 15.2. The van der Waals surface area contributed by atoms with Crippen molar-refractivity contribution < 1.29 is 14.6 Å². The van der Waals surface area contributed by atoms with Gasteiger partial charge in [-0.3, -0.25) is 0 Å². The van der Waals surface area contributed by atoms with Crippen LogP contribution in [0, 0.1) is 5.41 Å². The number of hydrogen-bond donors (Lipinski definition) is 3. The summed E-state index contributed by atoms with van der Waals surface area (Å²) < 4.78 is 5.97. The smallest absolute Gasteiger partial charge is 0.315 e. The van der Waals surface area contributed by atoms with E-state index in [1.165, 1.54) is 0 Å². The molecular weight excluding hydrogens is 280 g/mol. The monoisotopic (exact) mass is 304 g/mol. The zero-order valence-electron chi connectivity index (χ0n) is 13.2. The lowest BCUT2D eigenvalue weighted by Gasteiger charge is -2.37. The molecule has 120 valence electrons. The van der Waals surface area contributed by atoms with E-state index in [4.69, 9.17) is 4.74 Å². The minimum atomic E-state index is -0.310. The van der Waals surface area contributed by atoms with Crippen molar-refractivity contribution in [2.75, 3.05) is 13.2 Å². The van der Waals surface area contributed by atoms with E-state index in [1.54, 1.807) is 0 Å². The Hall–Kier alpha value is -1.75. The molecule has 0 spiro atoms. The number of nitrogens with one attached hydrogen (secondary N) is 2. The number of ether oxygens (including phenoxy) is 1. The number of urea groups is 1. The van der Waals surface area contributed by atoms with E-state index in [9.17, 15) is 9.90 Å². The molecule has 3 N–H and O–H groups in total. The Balaban J connectivity index is 1.65. The van der Waals surface area contributed by atoms with Gasteiger partial charge in [0.25, 0.3) is 0 Å². The molecule has 0 aromatic heterocycles. The van der Waals surface area contributed by atoms with Crippen LogP contribution in [0.15, 0.2) is 24.3 Å². The lowest BCUT2D eigenvalue weighted by Crippen LogP contribution is -2.45. The van der Waals surface area contributed by atoms with Gasteiger partial charge in [-0.25, -0.2) is 4.79 Å². The van der Waals surface area contributed by atoms with Gasteiger partial charge >= 0.3 is 6.03 Å². The summed E-state index contributed by atoms with van der Waals surface area (Å²) in [6.07, 6.45) is 2.69. The van der Waals surface area contributed by atoms with Crippen molar-refractivity contribution in [2.45, 2.75) is 44.8 Å². The number of amides is 2. The molecular formula is C17H24N2O3. The quantitative estimate of drug-likeness (QED) is 0.799. The molecule has 3 rings (SSSR count). The number of carbonyl (C=O) groups excluding carboxylic acids is 1. The fraction of sp³-hybridized carbons (Fsp3) is 0.588. The number of benzene rings is 1. The number of rotatable bonds is 4. The average Bonchev–Trinajstić information content (AvgIpc) is 3.25. The number of carbonyl (C=O) groups is 1.